The maximum atomic E-state index is 11.7. The van der Waals surface area contributed by atoms with Gasteiger partial charge in [0, 0.05) is 26.8 Å². The van der Waals surface area contributed by atoms with Gasteiger partial charge in [0.1, 0.15) is 0 Å². The maximum absolute atomic E-state index is 11.7. The molecule has 3 aliphatic rings. The van der Waals surface area contributed by atoms with E-state index in [4.69, 9.17) is 10.7 Å². The smallest absolute Gasteiger partial charge is 0.225 e. The van der Waals surface area contributed by atoms with E-state index in [0.29, 0.717) is 6.42 Å². The number of nitrogens with zero attached hydrogens (tertiary/aromatic N) is 1. The molecule has 1 unspecified atom stereocenters. The van der Waals surface area contributed by atoms with E-state index in [1.807, 2.05) is 24.3 Å². The summed E-state index contributed by atoms with van der Waals surface area (Å²) < 4.78 is 0. The number of rotatable bonds is 1. The first-order valence-corrected chi connectivity index (χ1v) is 7.39. The average molecular weight is 280 g/mol. The van der Waals surface area contributed by atoms with Crippen LogP contribution in [0.1, 0.15) is 22.8 Å². The predicted molar refractivity (Wildman–Crippen MR) is 81.8 cm³/mol. The Bertz CT molecular complexity index is 834. The number of benzene rings is 1. The molecule has 0 spiro atoms. The molecule has 0 saturated heterocycles. The van der Waals surface area contributed by atoms with E-state index < -0.39 is 0 Å². The van der Waals surface area contributed by atoms with E-state index in [9.17, 15) is 4.79 Å². The molecule has 0 bridgehead atoms. The van der Waals surface area contributed by atoms with Crippen LogP contribution in [0.25, 0.3) is 28.2 Å². The zero-order valence-electron chi connectivity index (χ0n) is 10.7. The van der Waals surface area contributed by atoms with Crippen molar-refractivity contribution in [2.75, 3.05) is 0 Å². The lowest BCUT2D eigenvalue weighted by atomic mass is 9.88. The molecular formula is C16H12N2OS. The molecule has 4 rings (SSSR count). The van der Waals surface area contributed by atoms with Gasteiger partial charge < -0.3 is 5.73 Å². The summed E-state index contributed by atoms with van der Waals surface area (Å²) in [5.41, 5.74) is 9.58. The Morgan fingerprint density at radius 3 is 3.05 bits per heavy atom. The molecule has 1 aliphatic carbocycles. The first-order valence-electron chi connectivity index (χ1n) is 6.51. The van der Waals surface area contributed by atoms with Gasteiger partial charge in [-0.1, -0.05) is 24.3 Å². The number of hydrogen-bond acceptors (Lipinski definition) is 3. The van der Waals surface area contributed by atoms with Crippen LogP contribution in [0.15, 0.2) is 35.7 Å². The van der Waals surface area contributed by atoms with Gasteiger partial charge in [0.25, 0.3) is 0 Å². The summed E-state index contributed by atoms with van der Waals surface area (Å²) in [5, 5.41) is 3.26. The Hall–Kier alpha value is -2.20. The number of nitrogens with two attached hydrogens (primary N) is 1. The number of primary amides is 1. The average Bonchev–Trinajstić information content (AvgIpc) is 2.85. The van der Waals surface area contributed by atoms with Crippen molar-refractivity contribution in [1.82, 2.24) is 4.98 Å². The van der Waals surface area contributed by atoms with E-state index in [1.165, 1.54) is 0 Å². The van der Waals surface area contributed by atoms with Gasteiger partial charge >= 0.3 is 0 Å². The van der Waals surface area contributed by atoms with Crippen molar-refractivity contribution >= 4 is 34.2 Å². The third-order valence-electron chi connectivity index (χ3n) is 3.84. The molecule has 1 amide bonds. The molecule has 98 valence electrons. The number of allylic oxidation sites excluding steroid dienone is 1. The Kier molecular flexibility index (Phi) is 2.41. The highest BCUT2D eigenvalue weighted by atomic mass is 32.1. The summed E-state index contributed by atoms with van der Waals surface area (Å²) >= 11 is 1.65. The molecule has 1 aromatic carbocycles. The van der Waals surface area contributed by atoms with E-state index >= 15 is 0 Å². The summed E-state index contributed by atoms with van der Waals surface area (Å²) in [7, 11) is 0. The molecular weight excluding hydrogens is 268 g/mol. The van der Waals surface area contributed by atoms with Gasteiger partial charge in [0.15, 0.2) is 0 Å². The highest BCUT2D eigenvalue weighted by Gasteiger charge is 2.29. The monoisotopic (exact) mass is 280 g/mol. The van der Waals surface area contributed by atoms with Gasteiger partial charge in [-0.2, -0.15) is 0 Å². The van der Waals surface area contributed by atoms with Crippen LogP contribution in [-0.2, 0) is 4.79 Å². The zero-order valence-corrected chi connectivity index (χ0v) is 11.5. The Morgan fingerprint density at radius 2 is 2.20 bits per heavy atom. The lowest BCUT2D eigenvalue weighted by Crippen LogP contribution is -2.23. The molecule has 1 atom stereocenters. The summed E-state index contributed by atoms with van der Waals surface area (Å²) in [6.07, 6.45) is 4.75. The van der Waals surface area contributed by atoms with Gasteiger partial charge in [-0.3, -0.25) is 4.79 Å². The van der Waals surface area contributed by atoms with E-state index in [-0.39, 0.29) is 11.8 Å². The van der Waals surface area contributed by atoms with E-state index in [0.717, 1.165) is 32.6 Å². The Labute approximate surface area is 120 Å². The van der Waals surface area contributed by atoms with Gasteiger partial charge in [0.05, 0.1) is 17.1 Å². The van der Waals surface area contributed by atoms with Gasteiger partial charge in [-0.05, 0) is 18.6 Å². The van der Waals surface area contributed by atoms with Crippen molar-refractivity contribution in [3.05, 3.63) is 46.2 Å². The fourth-order valence-corrected chi connectivity index (χ4v) is 3.91. The third kappa shape index (κ3) is 1.51. The minimum absolute atomic E-state index is 0.265. The standard InChI is InChI=1S/C16H12N2OS/c17-16(19)10-5-3-7-13-14(10)15-11(8-20-13)9-4-1-2-6-12(9)18-15/h1-4,6-8,10H,5H2,(H2,17,19). The van der Waals surface area contributed by atoms with Crippen LogP contribution in [0, 0.1) is 0 Å². The fraction of sp³-hybridized carbons (Fsp3) is 0.125. The number of carbonyl (C=O) groups is 1. The second kappa shape index (κ2) is 4.15. The molecule has 0 fully saturated rings. The number of fused-ring (bicyclic) bond motifs is 5. The van der Waals surface area contributed by atoms with Crippen LogP contribution in [0.2, 0.25) is 0 Å². The molecule has 20 heavy (non-hydrogen) atoms. The zero-order chi connectivity index (χ0) is 13.7. The normalized spacial score (nSPS) is 17.5. The minimum Gasteiger partial charge on any atom is -0.369 e. The summed E-state index contributed by atoms with van der Waals surface area (Å²) in [4.78, 5) is 17.6. The molecule has 2 N–H and O–H groups in total. The summed E-state index contributed by atoms with van der Waals surface area (Å²) in [6, 6.07) is 8.07. The summed E-state index contributed by atoms with van der Waals surface area (Å²) in [6.45, 7) is 0. The van der Waals surface area contributed by atoms with Crippen molar-refractivity contribution in [1.29, 1.82) is 0 Å². The number of para-hydroxylation sites is 1. The van der Waals surface area contributed by atoms with Crippen LogP contribution in [-0.4, -0.2) is 10.9 Å². The molecule has 2 aliphatic heterocycles. The summed E-state index contributed by atoms with van der Waals surface area (Å²) in [5.74, 6) is -0.540. The van der Waals surface area contributed by atoms with Crippen molar-refractivity contribution in [2.24, 2.45) is 5.73 Å². The Morgan fingerprint density at radius 1 is 1.35 bits per heavy atom. The first kappa shape index (κ1) is 11.6. The van der Waals surface area contributed by atoms with Crippen LogP contribution in [0.5, 0.6) is 0 Å². The van der Waals surface area contributed by atoms with Crippen molar-refractivity contribution < 1.29 is 4.79 Å². The highest BCUT2D eigenvalue weighted by Crippen LogP contribution is 2.43. The molecule has 0 radical (unpaired) electrons. The van der Waals surface area contributed by atoms with Crippen LogP contribution < -0.4 is 5.73 Å². The number of carbonyl (C=O) groups excluding carboxylic acids is 1. The predicted octanol–water partition coefficient (Wildman–Crippen LogP) is 3.39. The maximum Gasteiger partial charge on any atom is 0.225 e. The van der Waals surface area contributed by atoms with Crippen LogP contribution >= 0.6 is 11.3 Å². The van der Waals surface area contributed by atoms with E-state index in [1.54, 1.807) is 11.3 Å². The highest BCUT2D eigenvalue weighted by molar-refractivity contribution is 7.11. The third-order valence-corrected chi connectivity index (χ3v) is 4.80. The molecule has 0 aromatic heterocycles. The fourth-order valence-electron chi connectivity index (χ4n) is 2.89. The Balaban J connectivity index is 2.10. The minimum atomic E-state index is -0.276. The van der Waals surface area contributed by atoms with Crippen molar-refractivity contribution in [3.63, 3.8) is 0 Å². The van der Waals surface area contributed by atoms with Gasteiger partial charge in [-0.15, -0.1) is 11.3 Å². The van der Waals surface area contributed by atoms with Crippen molar-refractivity contribution in [2.45, 2.75) is 12.3 Å². The van der Waals surface area contributed by atoms with E-state index in [2.05, 4.69) is 17.5 Å². The largest absolute Gasteiger partial charge is 0.369 e. The van der Waals surface area contributed by atoms with Gasteiger partial charge in [-0.25, -0.2) is 4.98 Å². The molecule has 0 saturated carbocycles. The molecule has 4 heteroatoms. The van der Waals surface area contributed by atoms with Crippen LogP contribution in [0.4, 0.5) is 0 Å². The molecule has 2 heterocycles. The second-order valence-electron chi connectivity index (χ2n) is 5.00. The second-order valence-corrected chi connectivity index (χ2v) is 5.91. The van der Waals surface area contributed by atoms with Crippen molar-refractivity contribution in [3.8, 4) is 11.3 Å². The quantitative estimate of drug-likeness (QED) is 0.743. The lowest BCUT2D eigenvalue weighted by molar-refractivity contribution is -0.119. The topological polar surface area (TPSA) is 56.0 Å². The van der Waals surface area contributed by atoms with Crippen LogP contribution in [0.3, 0.4) is 0 Å². The number of aromatic nitrogens is 1. The lowest BCUT2D eigenvalue weighted by Gasteiger charge is -2.20. The molecule has 3 nitrogen and oxygen atoms in total. The SMILES string of the molecule is NC(=O)C1CC=Cc2scc3c4ccccc4nc-3c21. The first-order chi connectivity index (χ1) is 9.75. The number of amides is 1. The van der Waals surface area contributed by atoms with Gasteiger partial charge in [0.2, 0.25) is 5.91 Å². The molecule has 1 aromatic rings. The number of hydrogen-bond donors (Lipinski definition) is 1.